The Balaban J connectivity index is 1.87. The first-order chi connectivity index (χ1) is 13.9. The molecule has 0 saturated carbocycles. The normalized spacial score (nSPS) is 23.1. The molecule has 3 heterocycles. The summed E-state index contributed by atoms with van der Waals surface area (Å²) in [5, 5.41) is 7.06. The predicted molar refractivity (Wildman–Crippen MR) is 104 cm³/mol. The molecule has 0 spiro atoms. The lowest BCUT2D eigenvalue weighted by Gasteiger charge is -2.35. The van der Waals surface area contributed by atoms with Gasteiger partial charge in [-0.1, -0.05) is 0 Å². The summed E-state index contributed by atoms with van der Waals surface area (Å²) in [5.74, 6) is -3.27. The highest BCUT2D eigenvalue weighted by atomic mass is 19.3. The molecule has 8 nitrogen and oxygen atoms in total. The number of aromatic nitrogens is 2. The Morgan fingerprint density at radius 3 is 2.67 bits per heavy atom. The zero-order valence-electron chi connectivity index (χ0n) is 18.1. The summed E-state index contributed by atoms with van der Waals surface area (Å²) in [4.78, 5) is 25.5. The SMILES string of the molecule is COC(=O)NCC1CCC(F)(F)c2c3c(nn2C1)CC(C)N(C(=O)OC(C)(C)C)C3. The van der Waals surface area contributed by atoms with E-state index < -0.39 is 23.7 Å². The van der Waals surface area contributed by atoms with Crippen molar-refractivity contribution in [2.24, 2.45) is 5.92 Å². The van der Waals surface area contributed by atoms with Crippen molar-refractivity contribution < 1.29 is 27.8 Å². The largest absolute Gasteiger partial charge is 0.453 e. The molecule has 0 aliphatic carbocycles. The minimum absolute atomic E-state index is 0.0431. The van der Waals surface area contributed by atoms with E-state index in [0.717, 1.165) is 0 Å². The van der Waals surface area contributed by atoms with Crippen LogP contribution in [0.1, 0.15) is 57.5 Å². The fourth-order valence-corrected chi connectivity index (χ4v) is 4.01. The van der Waals surface area contributed by atoms with Crippen LogP contribution in [0.15, 0.2) is 0 Å². The fraction of sp³-hybridized carbons (Fsp3) is 0.750. The molecular weight excluding hydrogens is 398 g/mol. The van der Waals surface area contributed by atoms with Crippen LogP contribution in [0.25, 0.3) is 0 Å². The summed E-state index contributed by atoms with van der Waals surface area (Å²) in [6.45, 7) is 7.71. The van der Waals surface area contributed by atoms with Crippen molar-refractivity contribution in [1.82, 2.24) is 20.0 Å². The van der Waals surface area contributed by atoms with Crippen LogP contribution in [0.3, 0.4) is 0 Å². The summed E-state index contributed by atoms with van der Waals surface area (Å²) >= 11 is 0. The van der Waals surface area contributed by atoms with Crippen molar-refractivity contribution >= 4 is 12.2 Å². The highest BCUT2D eigenvalue weighted by Gasteiger charge is 2.45. The first kappa shape index (κ1) is 22.3. The number of alkyl carbamates (subject to hydrolysis) is 1. The van der Waals surface area contributed by atoms with E-state index in [9.17, 15) is 9.59 Å². The van der Waals surface area contributed by atoms with Gasteiger partial charge < -0.3 is 19.7 Å². The second-order valence-electron chi connectivity index (χ2n) is 9.10. The van der Waals surface area contributed by atoms with Crippen LogP contribution < -0.4 is 5.32 Å². The third-order valence-electron chi connectivity index (χ3n) is 5.48. The van der Waals surface area contributed by atoms with Crippen LogP contribution in [0.4, 0.5) is 18.4 Å². The first-order valence-electron chi connectivity index (χ1n) is 10.2. The molecule has 2 aliphatic heterocycles. The summed E-state index contributed by atoms with van der Waals surface area (Å²) in [6, 6.07) is -0.211. The number of ether oxygens (including phenoxy) is 2. The van der Waals surface area contributed by atoms with Crippen LogP contribution >= 0.6 is 0 Å². The zero-order valence-corrected chi connectivity index (χ0v) is 18.1. The quantitative estimate of drug-likeness (QED) is 0.780. The molecule has 1 aromatic heterocycles. The number of rotatable bonds is 2. The van der Waals surface area contributed by atoms with Gasteiger partial charge >= 0.3 is 12.2 Å². The molecule has 2 atom stereocenters. The second-order valence-corrected chi connectivity index (χ2v) is 9.10. The molecule has 0 saturated heterocycles. The van der Waals surface area contributed by atoms with E-state index in [0.29, 0.717) is 17.7 Å². The molecule has 2 amide bonds. The average Bonchev–Trinajstić information content (AvgIpc) is 2.92. The predicted octanol–water partition coefficient (Wildman–Crippen LogP) is 3.42. The van der Waals surface area contributed by atoms with Gasteiger partial charge in [-0.2, -0.15) is 13.9 Å². The third-order valence-corrected chi connectivity index (χ3v) is 5.48. The number of nitrogens with zero attached hydrogens (tertiary/aromatic N) is 3. The van der Waals surface area contributed by atoms with Gasteiger partial charge in [0.05, 0.1) is 19.3 Å². The molecule has 0 radical (unpaired) electrons. The van der Waals surface area contributed by atoms with Gasteiger partial charge in [0.25, 0.3) is 5.92 Å². The van der Waals surface area contributed by atoms with E-state index in [4.69, 9.17) is 4.74 Å². The Bertz CT molecular complexity index is 818. The Morgan fingerprint density at radius 1 is 1.33 bits per heavy atom. The number of fused-ring (bicyclic) bond motifs is 3. The van der Waals surface area contributed by atoms with Gasteiger partial charge in [0.15, 0.2) is 0 Å². The van der Waals surface area contributed by atoms with E-state index in [1.54, 1.807) is 20.8 Å². The van der Waals surface area contributed by atoms with Gasteiger partial charge in [-0.15, -0.1) is 0 Å². The van der Waals surface area contributed by atoms with Gasteiger partial charge in [0, 0.05) is 37.5 Å². The summed E-state index contributed by atoms with van der Waals surface area (Å²) in [5.41, 5.74) is 0.208. The number of alkyl halides is 2. The second kappa shape index (κ2) is 8.03. The first-order valence-corrected chi connectivity index (χ1v) is 10.2. The molecule has 3 rings (SSSR count). The standard InChI is InChI=1S/C20H30F2N4O4/c1-12-8-15-14(11-25(12)18(28)30-19(2,3)4)16-20(21,22)7-6-13(10-26(16)24-15)9-23-17(27)29-5/h12-13H,6-11H2,1-5H3,(H,23,27). The number of carbonyl (C=O) groups is 2. The number of amides is 2. The molecule has 2 unspecified atom stereocenters. The number of methoxy groups -OCH3 is 1. The lowest BCUT2D eigenvalue weighted by molar-refractivity contribution is -0.0230. The van der Waals surface area contributed by atoms with Crippen molar-refractivity contribution in [2.45, 2.75) is 77.6 Å². The molecule has 10 heteroatoms. The molecule has 1 aromatic rings. The Morgan fingerprint density at radius 2 is 2.03 bits per heavy atom. The number of carbonyl (C=O) groups excluding carboxylic acids is 2. The third kappa shape index (κ3) is 4.67. The van der Waals surface area contributed by atoms with Crippen molar-refractivity contribution in [3.8, 4) is 0 Å². The molecule has 168 valence electrons. The molecule has 0 fully saturated rings. The molecule has 0 aromatic carbocycles. The van der Waals surface area contributed by atoms with Gasteiger partial charge in [-0.05, 0) is 40.0 Å². The minimum atomic E-state index is -3.07. The van der Waals surface area contributed by atoms with Gasteiger partial charge in [0.1, 0.15) is 11.3 Å². The van der Waals surface area contributed by atoms with Crippen LogP contribution in [0.2, 0.25) is 0 Å². The molecule has 1 N–H and O–H groups in total. The average molecular weight is 428 g/mol. The van der Waals surface area contributed by atoms with Gasteiger partial charge in [-0.25, -0.2) is 9.59 Å². The topological polar surface area (TPSA) is 85.7 Å². The van der Waals surface area contributed by atoms with Gasteiger partial charge in [-0.3, -0.25) is 4.68 Å². The Kier molecular flexibility index (Phi) is 5.97. The number of hydrogen-bond acceptors (Lipinski definition) is 5. The Labute approximate surface area is 174 Å². The summed E-state index contributed by atoms with van der Waals surface area (Å²) in [7, 11) is 1.26. The van der Waals surface area contributed by atoms with Crippen molar-refractivity contribution in [3.05, 3.63) is 17.0 Å². The maximum atomic E-state index is 15.1. The van der Waals surface area contributed by atoms with E-state index in [-0.39, 0.29) is 50.1 Å². The van der Waals surface area contributed by atoms with Crippen molar-refractivity contribution in [2.75, 3.05) is 13.7 Å². The van der Waals surface area contributed by atoms with E-state index in [1.165, 1.54) is 16.7 Å². The monoisotopic (exact) mass is 428 g/mol. The van der Waals surface area contributed by atoms with Crippen LogP contribution in [0.5, 0.6) is 0 Å². The van der Waals surface area contributed by atoms with E-state index >= 15 is 8.78 Å². The smallest absolute Gasteiger partial charge is 0.410 e. The van der Waals surface area contributed by atoms with Crippen LogP contribution in [-0.2, 0) is 34.9 Å². The maximum Gasteiger partial charge on any atom is 0.410 e. The fourth-order valence-electron chi connectivity index (χ4n) is 4.01. The molecule has 2 aliphatic rings. The van der Waals surface area contributed by atoms with Crippen LogP contribution in [-0.4, -0.2) is 52.2 Å². The molecule has 30 heavy (non-hydrogen) atoms. The van der Waals surface area contributed by atoms with Crippen LogP contribution in [0, 0.1) is 5.92 Å². The number of halogens is 2. The molecular formula is C20H30F2N4O4. The lowest BCUT2D eigenvalue weighted by atomic mass is 9.95. The minimum Gasteiger partial charge on any atom is -0.453 e. The maximum absolute atomic E-state index is 15.1. The number of hydrogen-bond donors (Lipinski definition) is 1. The van der Waals surface area contributed by atoms with Gasteiger partial charge in [0.2, 0.25) is 0 Å². The molecule has 0 bridgehead atoms. The lowest BCUT2D eigenvalue weighted by Crippen LogP contribution is -2.45. The summed E-state index contributed by atoms with van der Waals surface area (Å²) < 4.78 is 41.6. The number of nitrogens with one attached hydrogen (secondary N) is 1. The zero-order chi connectivity index (χ0) is 22.3. The Hall–Kier alpha value is -2.39. The van der Waals surface area contributed by atoms with E-state index in [2.05, 4.69) is 15.2 Å². The summed E-state index contributed by atoms with van der Waals surface area (Å²) in [6.07, 6.45) is -0.831. The highest BCUT2D eigenvalue weighted by Crippen LogP contribution is 2.42. The van der Waals surface area contributed by atoms with Crippen molar-refractivity contribution in [3.63, 3.8) is 0 Å². The van der Waals surface area contributed by atoms with E-state index in [1.807, 2.05) is 6.92 Å². The highest BCUT2D eigenvalue weighted by molar-refractivity contribution is 5.69. The van der Waals surface area contributed by atoms with Crippen molar-refractivity contribution in [1.29, 1.82) is 0 Å².